The highest BCUT2D eigenvalue weighted by atomic mass is 16.1. The lowest BCUT2D eigenvalue weighted by molar-refractivity contribution is 0.0910. The molecule has 4 N–H and O–H groups in total. The molecule has 0 bridgehead atoms. The first-order valence-corrected chi connectivity index (χ1v) is 10.3. The first kappa shape index (κ1) is 19.3. The minimum absolute atomic E-state index is 0.101. The number of rotatable bonds is 5. The summed E-state index contributed by atoms with van der Waals surface area (Å²) in [7, 11) is 0. The van der Waals surface area contributed by atoms with Gasteiger partial charge in [-0.15, -0.1) is 5.10 Å². The molecular formula is C21H25N9O. The third-order valence-electron chi connectivity index (χ3n) is 5.77. The lowest BCUT2D eigenvalue weighted by atomic mass is 9.75. The Morgan fingerprint density at radius 2 is 2.13 bits per heavy atom. The van der Waals surface area contributed by atoms with Gasteiger partial charge in [-0.1, -0.05) is 19.1 Å². The van der Waals surface area contributed by atoms with Crippen molar-refractivity contribution in [2.45, 2.75) is 40.2 Å². The van der Waals surface area contributed by atoms with Gasteiger partial charge in [0, 0.05) is 24.8 Å². The third-order valence-corrected chi connectivity index (χ3v) is 5.77. The van der Waals surface area contributed by atoms with Crippen LogP contribution >= 0.6 is 0 Å². The number of hydrogen-bond donors (Lipinski definition) is 3. The Kier molecular flexibility index (Phi) is 4.31. The van der Waals surface area contributed by atoms with Crippen molar-refractivity contribution in [2.75, 3.05) is 17.6 Å². The number of ketones is 1. The molecule has 0 aliphatic heterocycles. The smallest absolute Gasteiger partial charge is 0.167 e. The van der Waals surface area contributed by atoms with Crippen LogP contribution in [0.2, 0.25) is 0 Å². The Morgan fingerprint density at radius 1 is 1.29 bits per heavy atom. The van der Waals surface area contributed by atoms with Crippen molar-refractivity contribution in [3.05, 3.63) is 41.5 Å². The molecule has 31 heavy (non-hydrogen) atoms. The number of hydrogen-bond acceptors (Lipinski definition) is 7. The molecule has 3 aromatic heterocycles. The average Bonchev–Trinajstić information content (AvgIpc) is 3.41. The number of aromatic amines is 1. The van der Waals surface area contributed by atoms with Crippen LogP contribution in [0.25, 0.3) is 16.6 Å². The van der Waals surface area contributed by atoms with Gasteiger partial charge in [-0.25, -0.2) is 4.68 Å². The number of nitrogens with zero attached hydrogens (tertiary/aromatic N) is 6. The number of nitrogens with two attached hydrogens (primary N) is 1. The van der Waals surface area contributed by atoms with E-state index in [2.05, 4.69) is 39.7 Å². The molecule has 1 aliphatic rings. The fourth-order valence-corrected chi connectivity index (χ4v) is 4.44. The van der Waals surface area contributed by atoms with Crippen LogP contribution < -0.4 is 11.1 Å². The number of Topliss-reactive ketones (excluding diaryl/α,β-unsaturated/α-hetero) is 1. The van der Waals surface area contributed by atoms with Crippen LogP contribution in [0.5, 0.6) is 0 Å². The quantitative estimate of drug-likeness (QED) is 0.453. The first-order valence-electron chi connectivity index (χ1n) is 10.3. The molecule has 0 saturated carbocycles. The van der Waals surface area contributed by atoms with Gasteiger partial charge in [-0.3, -0.25) is 14.6 Å². The predicted octanol–water partition coefficient (Wildman–Crippen LogP) is 2.50. The molecule has 0 saturated heterocycles. The molecule has 0 fully saturated rings. The summed E-state index contributed by atoms with van der Waals surface area (Å²) in [5.41, 5.74) is 11.0. The number of carbonyl (C=O) groups is 1. The maximum absolute atomic E-state index is 12.8. The van der Waals surface area contributed by atoms with Gasteiger partial charge in [0.1, 0.15) is 0 Å². The van der Waals surface area contributed by atoms with Gasteiger partial charge in [0.15, 0.2) is 11.6 Å². The Hall–Kier alpha value is -3.69. The van der Waals surface area contributed by atoms with Crippen LogP contribution in [-0.4, -0.2) is 47.3 Å². The largest absolute Gasteiger partial charge is 0.382 e. The highest BCUT2D eigenvalue weighted by Gasteiger charge is 2.35. The Bertz CT molecular complexity index is 1280. The van der Waals surface area contributed by atoms with E-state index < -0.39 is 0 Å². The van der Waals surface area contributed by atoms with Crippen LogP contribution in [0.15, 0.2) is 24.5 Å². The highest BCUT2D eigenvalue weighted by Crippen LogP contribution is 2.38. The van der Waals surface area contributed by atoms with E-state index >= 15 is 0 Å². The zero-order valence-electron chi connectivity index (χ0n) is 17.8. The van der Waals surface area contributed by atoms with E-state index in [0.29, 0.717) is 25.3 Å². The summed E-state index contributed by atoms with van der Waals surface area (Å²) in [4.78, 5) is 12.8. The predicted molar refractivity (Wildman–Crippen MR) is 117 cm³/mol. The summed E-state index contributed by atoms with van der Waals surface area (Å²) >= 11 is 0. The summed E-state index contributed by atoms with van der Waals surface area (Å²) in [6.45, 7) is 7.43. The third kappa shape index (κ3) is 3.33. The van der Waals surface area contributed by atoms with Crippen molar-refractivity contribution < 1.29 is 4.79 Å². The SMILES string of the molecule is Cc1nn(-c2cc(NCCn3ccnn3)c3c(N)n[nH]c3c2)c2c1C(=O)CC(C)(C)C2. The summed E-state index contributed by atoms with van der Waals surface area (Å²) < 4.78 is 3.65. The number of fused-ring (bicyclic) bond motifs is 2. The molecule has 0 spiro atoms. The van der Waals surface area contributed by atoms with Crippen molar-refractivity contribution in [1.29, 1.82) is 0 Å². The van der Waals surface area contributed by atoms with Crippen LogP contribution in [0.1, 0.15) is 42.0 Å². The fourth-order valence-electron chi connectivity index (χ4n) is 4.44. The van der Waals surface area contributed by atoms with Crippen molar-refractivity contribution >= 4 is 28.2 Å². The highest BCUT2D eigenvalue weighted by molar-refractivity contribution is 6.02. The number of benzene rings is 1. The zero-order chi connectivity index (χ0) is 21.8. The molecule has 0 radical (unpaired) electrons. The van der Waals surface area contributed by atoms with Crippen molar-refractivity contribution in [3.8, 4) is 5.69 Å². The monoisotopic (exact) mass is 419 g/mol. The second kappa shape index (κ2) is 6.93. The van der Waals surface area contributed by atoms with Crippen molar-refractivity contribution in [1.82, 2.24) is 35.0 Å². The molecular weight excluding hydrogens is 394 g/mol. The maximum atomic E-state index is 12.8. The normalized spacial score (nSPS) is 15.4. The number of anilines is 2. The van der Waals surface area contributed by atoms with Crippen LogP contribution in [0.3, 0.4) is 0 Å². The summed E-state index contributed by atoms with van der Waals surface area (Å²) in [5, 5.41) is 24.0. The van der Waals surface area contributed by atoms with Gasteiger partial charge in [-0.05, 0) is 30.9 Å². The first-order chi connectivity index (χ1) is 14.8. The second-order valence-electron chi connectivity index (χ2n) is 8.88. The fraction of sp³-hybridized carbons (Fsp3) is 0.381. The van der Waals surface area contributed by atoms with Crippen LogP contribution in [0.4, 0.5) is 11.5 Å². The van der Waals surface area contributed by atoms with E-state index in [0.717, 1.165) is 45.6 Å². The molecule has 0 amide bonds. The Labute approximate surface area is 178 Å². The van der Waals surface area contributed by atoms with E-state index in [1.54, 1.807) is 10.9 Å². The summed E-state index contributed by atoms with van der Waals surface area (Å²) in [5.74, 6) is 0.591. The number of aryl methyl sites for hydroxylation is 1. The van der Waals surface area contributed by atoms with Crippen molar-refractivity contribution in [2.24, 2.45) is 5.41 Å². The molecule has 0 atom stereocenters. The van der Waals surface area contributed by atoms with Gasteiger partial charge >= 0.3 is 0 Å². The molecule has 160 valence electrons. The minimum Gasteiger partial charge on any atom is -0.382 e. The number of nitrogen functional groups attached to an aromatic ring is 1. The number of nitrogens with one attached hydrogen (secondary N) is 2. The van der Waals surface area contributed by atoms with Gasteiger partial charge in [0.05, 0.1) is 46.3 Å². The maximum Gasteiger partial charge on any atom is 0.167 e. The molecule has 1 aliphatic carbocycles. The Balaban J connectivity index is 1.57. The Morgan fingerprint density at radius 3 is 2.90 bits per heavy atom. The lowest BCUT2D eigenvalue weighted by Gasteiger charge is -2.29. The van der Waals surface area contributed by atoms with Crippen LogP contribution in [0, 0.1) is 12.3 Å². The van der Waals surface area contributed by atoms with E-state index in [1.807, 2.05) is 29.9 Å². The van der Waals surface area contributed by atoms with E-state index in [4.69, 9.17) is 10.8 Å². The molecule has 5 rings (SSSR count). The minimum atomic E-state index is -0.101. The topological polar surface area (TPSA) is 132 Å². The van der Waals surface area contributed by atoms with Gasteiger partial charge in [-0.2, -0.15) is 10.2 Å². The van der Waals surface area contributed by atoms with Crippen molar-refractivity contribution in [3.63, 3.8) is 0 Å². The molecule has 3 heterocycles. The summed E-state index contributed by atoms with van der Waals surface area (Å²) in [6.07, 6.45) is 4.79. The van der Waals surface area contributed by atoms with Gasteiger partial charge < -0.3 is 11.1 Å². The summed E-state index contributed by atoms with van der Waals surface area (Å²) in [6, 6.07) is 3.98. The van der Waals surface area contributed by atoms with E-state index in [1.165, 1.54) is 0 Å². The van der Waals surface area contributed by atoms with E-state index in [9.17, 15) is 4.79 Å². The second-order valence-corrected chi connectivity index (χ2v) is 8.88. The average molecular weight is 419 g/mol. The molecule has 10 heteroatoms. The van der Waals surface area contributed by atoms with E-state index in [-0.39, 0.29) is 11.2 Å². The number of H-pyrrole nitrogens is 1. The number of aromatic nitrogens is 7. The number of carbonyl (C=O) groups excluding carboxylic acids is 1. The zero-order valence-corrected chi connectivity index (χ0v) is 17.8. The molecule has 4 aromatic rings. The van der Waals surface area contributed by atoms with Gasteiger partial charge in [0.2, 0.25) is 0 Å². The molecule has 10 nitrogen and oxygen atoms in total. The molecule has 1 aromatic carbocycles. The van der Waals surface area contributed by atoms with Crippen LogP contribution in [-0.2, 0) is 13.0 Å². The lowest BCUT2D eigenvalue weighted by Crippen LogP contribution is -2.28. The molecule has 0 unspecified atom stereocenters. The van der Waals surface area contributed by atoms with Gasteiger partial charge in [0.25, 0.3) is 0 Å². The standard InChI is InChI=1S/C21H25N9O/c1-12-18-16(10-21(2,3)11-17(18)31)30(27-12)13-8-14(19-15(9-13)25-26-20(19)22)23-4-6-29-7-5-24-28-29/h5,7-9,23H,4,6,10-11H2,1-3H3,(H3,22,25,26).